The highest BCUT2D eigenvalue weighted by atomic mass is 16.5. The maximum absolute atomic E-state index is 13.6. The molecule has 34 heavy (non-hydrogen) atoms. The molecule has 0 spiro atoms. The van der Waals surface area contributed by atoms with Gasteiger partial charge in [-0.1, -0.05) is 18.2 Å². The largest absolute Gasteiger partial charge is 0.493 e. The van der Waals surface area contributed by atoms with E-state index in [-0.39, 0.29) is 5.91 Å². The Hall–Kier alpha value is -4.00. The lowest BCUT2D eigenvalue weighted by Gasteiger charge is -2.19. The summed E-state index contributed by atoms with van der Waals surface area (Å²) < 4.78 is 18.0. The number of hydrogen-bond donors (Lipinski definition) is 0. The van der Waals surface area contributed by atoms with E-state index in [1.54, 1.807) is 43.2 Å². The quantitative estimate of drug-likeness (QED) is 0.367. The van der Waals surface area contributed by atoms with Gasteiger partial charge in [-0.25, -0.2) is 4.68 Å². The third-order valence-electron chi connectivity index (χ3n) is 5.83. The fourth-order valence-electron chi connectivity index (χ4n) is 3.84. The summed E-state index contributed by atoms with van der Waals surface area (Å²) in [5.74, 6) is 1.85. The third-order valence-corrected chi connectivity index (χ3v) is 5.83. The molecule has 0 unspecified atom stereocenters. The molecular formula is C27H29N3O4. The monoisotopic (exact) mass is 459 g/mol. The van der Waals surface area contributed by atoms with Gasteiger partial charge in [0.2, 0.25) is 0 Å². The van der Waals surface area contributed by atoms with Crippen LogP contribution in [0.2, 0.25) is 0 Å². The Kier molecular flexibility index (Phi) is 6.72. The van der Waals surface area contributed by atoms with Crippen LogP contribution in [0.4, 0.5) is 0 Å². The second-order valence-corrected chi connectivity index (χ2v) is 8.26. The Labute approximate surface area is 199 Å². The van der Waals surface area contributed by atoms with Crippen molar-refractivity contribution in [1.29, 1.82) is 0 Å². The number of aromatic nitrogens is 2. The van der Waals surface area contributed by atoms with Crippen LogP contribution in [0, 0.1) is 13.8 Å². The van der Waals surface area contributed by atoms with Gasteiger partial charge in [0.25, 0.3) is 5.91 Å². The highest BCUT2D eigenvalue weighted by Gasteiger charge is 2.22. The lowest BCUT2D eigenvalue weighted by atomic mass is 10.1. The highest BCUT2D eigenvalue weighted by molar-refractivity contribution is 5.94. The fourth-order valence-corrected chi connectivity index (χ4v) is 3.84. The first-order valence-electron chi connectivity index (χ1n) is 11.1. The van der Waals surface area contributed by atoms with E-state index in [4.69, 9.17) is 19.0 Å². The van der Waals surface area contributed by atoms with Gasteiger partial charge in [-0.05, 0) is 67.3 Å². The third kappa shape index (κ3) is 4.69. The minimum atomic E-state index is -0.119. The Balaban J connectivity index is 1.62. The van der Waals surface area contributed by atoms with Gasteiger partial charge < -0.3 is 18.8 Å². The zero-order valence-corrected chi connectivity index (χ0v) is 20.2. The average molecular weight is 460 g/mol. The SMILES string of the molecule is COc1ccc(CCN(C)C(=O)c2cc(-c3ccco3)nn2-c2cc(C)ccc2C)cc1OC. The van der Waals surface area contributed by atoms with Gasteiger partial charge in [-0.2, -0.15) is 5.10 Å². The van der Waals surface area contributed by atoms with Crippen LogP contribution >= 0.6 is 0 Å². The number of ether oxygens (including phenoxy) is 2. The lowest BCUT2D eigenvalue weighted by molar-refractivity contribution is 0.0787. The van der Waals surface area contributed by atoms with E-state index in [0.717, 1.165) is 22.4 Å². The van der Waals surface area contributed by atoms with Gasteiger partial charge in [0, 0.05) is 19.7 Å². The zero-order valence-electron chi connectivity index (χ0n) is 20.2. The van der Waals surface area contributed by atoms with Crippen LogP contribution in [0.15, 0.2) is 65.3 Å². The van der Waals surface area contributed by atoms with E-state index in [1.807, 2.05) is 62.4 Å². The zero-order chi connectivity index (χ0) is 24.2. The minimum Gasteiger partial charge on any atom is -0.493 e. The maximum atomic E-state index is 13.6. The highest BCUT2D eigenvalue weighted by Crippen LogP contribution is 2.28. The van der Waals surface area contributed by atoms with Crippen molar-refractivity contribution in [2.45, 2.75) is 20.3 Å². The molecule has 1 amide bonds. The van der Waals surface area contributed by atoms with E-state index in [1.165, 1.54) is 0 Å². The number of carbonyl (C=O) groups excluding carboxylic acids is 1. The molecule has 0 N–H and O–H groups in total. The second-order valence-electron chi connectivity index (χ2n) is 8.26. The summed E-state index contributed by atoms with van der Waals surface area (Å²) in [6.07, 6.45) is 2.27. The number of rotatable bonds is 8. The normalized spacial score (nSPS) is 10.9. The number of amides is 1. The van der Waals surface area contributed by atoms with Gasteiger partial charge in [-0.15, -0.1) is 0 Å². The van der Waals surface area contributed by atoms with Crippen molar-refractivity contribution in [3.63, 3.8) is 0 Å². The van der Waals surface area contributed by atoms with Gasteiger partial charge in [0.05, 0.1) is 26.2 Å². The molecule has 2 aromatic heterocycles. The first-order valence-corrected chi connectivity index (χ1v) is 11.1. The Morgan fingerprint density at radius 2 is 1.82 bits per heavy atom. The molecule has 0 radical (unpaired) electrons. The van der Waals surface area contributed by atoms with Gasteiger partial charge in [0.1, 0.15) is 11.4 Å². The van der Waals surface area contributed by atoms with E-state index in [0.29, 0.717) is 41.6 Å². The molecule has 0 fully saturated rings. The number of carbonyl (C=O) groups is 1. The van der Waals surface area contributed by atoms with Crippen molar-refractivity contribution in [2.75, 3.05) is 27.8 Å². The molecule has 2 aromatic carbocycles. The van der Waals surface area contributed by atoms with Crippen LogP contribution in [-0.4, -0.2) is 48.4 Å². The van der Waals surface area contributed by atoms with Crippen molar-refractivity contribution in [2.24, 2.45) is 0 Å². The molecule has 0 aliphatic rings. The smallest absolute Gasteiger partial charge is 0.272 e. The molecule has 0 aliphatic carbocycles. The summed E-state index contributed by atoms with van der Waals surface area (Å²) in [6.45, 7) is 4.57. The summed E-state index contributed by atoms with van der Waals surface area (Å²) >= 11 is 0. The predicted octanol–water partition coefficient (Wildman–Crippen LogP) is 5.08. The van der Waals surface area contributed by atoms with Gasteiger partial charge >= 0.3 is 0 Å². The lowest BCUT2D eigenvalue weighted by Crippen LogP contribution is -2.30. The number of hydrogen-bond acceptors (Lipinski definition) is 5. The first kappa shape index (κ1) is 23.2. The minimum absolute atomic E-state index is 0.119. The summed E-state index contributed by atoms with van der Waals surface area (Å²) in [5.41, 5.74) is 5.14. The number of nitrogens with zero attached hydrogens (tertiary/aromatic N) is 3. The van der Waals surface area contributed by atoms with Crippen molar-refractivity contribution < 1.29 is 18.7 Å². The van der Waals surface area contributed by atoms with Gasteiger partial charge in [0.15, 0.2) is 17.3 Å². The number of methoxy groups -OCH3 is 2. The molecular weight excluding hydrogens is 430 g/mol. The van der Waals surface area contributed by atoms with Crippen molar-refractivity contribution in [3.05, 3.63) is 83.2 Å². The number of aryl methyl sites for hydroxylation is 2. The summed E-state index contributed by atoms with van der Waals surface area (Å²) in [4.78, 5) is 15.3. The number of likely N-dealkylation sites (N-methyl/N-ethyl adjacent to an activating group) is 1. The number of furan rings is 1. The van der Waals surface area contributed by atoms with Crippen LogP contribution in [0.1, 0.15) is 27.2 Å². The van der Waals surface area contributed by atoms with Crippen molar-refractivity contribution in [3.8, 4) is 28.6 Å². The molecule has 0 saturated carbocycles. The van der Waals surface area contributed by atoms with Crippen LogP contribution < -0.4 is 9.47 Å². The first-order chi connectivity index (χ1) is 16.4. The molecule has 2 heterocycles. The second kappa shape index (κ2) is 9.87. The maximum Gasteiger partial charge on any atom is 0.272 e. The van der Waals surface area contributed by atoms with Crippen LogP contribution in [0.25, 0.3) is 17.1 Å². The fraction of sp³-hybridized carbons (Fsp3) is 0.259. The molecule has 7 heteroatoms. The average Bonchev–Trinajstić information content (AvgIpc) is 3.53. The van der Waals surface area contributed by atoms with Crippen molar-refractivity contribution >= 4 is 5.91 Å². The number of benzene rings is 2. The molecule has 4 aromatic rings. The van der Waals surface area contributed by atoms with E-state index < -0.39 is 0 Å². The Morgan fingerprint density at radius 1 is 1.03 bits per heavy atom. The standard InChI is InChI=1S/C27H29N3O4/c1-18-8-9-19(2)22(15-18)30-23(17-21(28-30)24-7-6-14-34-24)27(31)29(3)13-12-20-10-11-25(32-4)26(16-20)33-5/h6-11,14-17H,12-13H2,1-5H3. The van der Waals surface area contributed by atoms with Crippen LogP contribution in [0.5, 0.6) is 11.5 Å². The Morgan fingerprint density at radius 3 is 2.53 bits per heavy atom. The molecule has 0 saturated heterocycles. The van der Waals surface area contributed by atoms with E-state index in [9.17, 15) is 4.79 Å². The molecule has 176 valence electrons. The predicted molar refractivity (Wildman–Crippen MR) is 131 cm³/mol. The molecule has 0 aliphatic heterocycles. The Bertz CT molecular complexity index is 1290. The molecule has 7 nitrogen and oxygen atoms in total. The topological polar surface area (TPSA) is 69.7 Å². The summed E-state index contributed by atoms with van der Waals surface area (Å²) in [6, 6.07) is 17.3. The van der Waals surface area contributed by atoms with Crippen LogP contribution in [0.3, 0.4) is 0 Å². The molecule has 0 bridgehead atoms. The molecule has 0 atom stereocenters. The van der Waals surface area contributed by atoms with Crippen LogP contribution in [-0.2, 0) is 6.42 Å². The van der Waals surface area contributed by atoms with Gasteiger partial charge in [-0.3, -0.25) is 4.79 Å². The van der Waals surface area contributed by atoms with E-state index >= 15 is 0 Å². The van der Waals surface area contributed by atoms with E-state index in [2.05, 4.69) is 0 Å². The molecule has 4 rings (SSSR count). The summed E-state index contributed by atoms with van der Waals surface area (Å²) in [5, 5.41) is 4.73. The van der Waals surface area contributed by atoms with Crippen molar-refractivity contribution in [1.82, 2.24) is 14.7 Å². The summed E-state index contributed by atoms with van der Waals surface area (Å²) in [7, 11) is 5.03.